The summed E-state index contributed by atoms with van der Waals surface area (Å²) in [6.07, 6.45) is 3.79. The van der Waals surface area contributed by atoms with Crippen LogP contribution in [-0.4, -0.2) is 16.4 Å². The van der Waals surface area contributed by atoms with Gasteiger partial charge in [0.2, 0.25) is 6.41 Å². The Morgan fingerprint density at radius 2 is 2.07 bits per heavy atom. The third kappa shape index (κ3) is 1.47. The Balaban J connectivity index is 2.48. The van der Waals surface area contributed by atoms with Crippen LogP contribution in [0, 0.1) is 0 Å². The van der Waals surface area contributed by atoms with Crippen molar-refractivity contribution in [2.45, 2.75) is 0 Å². The number of fused-ring (bicyclic) bond motifs is 1. The fourth-order valence-corrected chi connectivity index (χ4v) is 1.20. The van der Waals surface area contributed by atoms with Crippen molar-refractivity contribution in [2.24, 2.45) is 0 Å². The van der Waals surface area contributed by atoms with Gasteiger partial charge in [-0.1, -0.05) is 6.07 Å². The van der Waals surface area contributed by atoms with E-state index in [0.29, 0.717) is 6.41 Å². The van der Waals surface area contributed by atoms with Crippen LogP contribution in [-0.2, 0) is 4.79 Å². The van der Waals surface area contributed by atoms with E-state index in [2.05, 4.69) is 20.8 Å². The summed E-state index contributed by atoms with van der Waals surface area (Å²) in [4.78, 5) is 18.4. The Labute approximate surface area is 80.1 Å². The lowest BCUT2D eigenvalue weighted by Gasteiger charge is -2.05. The van der Waals surface area contributed by atoms with E-state index in [1.165, 1.54) is 0 Å². The molecule has 2 aromatic rings. The normalized spacial score (nSPS) is 9.71. The Morgan fingerprint density at radius 3 is 2.93 bits per heavy atom. The Kier molecular flexibility index (Phi) is 2.22. The fourth-order valence-electron chi connectivity index (χ4n) is 1.20. The van der Waals surface area contributed by atoms with Gasteiger partial charge in [0.25, 0.3) is 0 Å². The molecule has 1 aromatic heterocycles. The minimum absolute atomic E-state index is 0.565. The molecule has 0 bridgehead atoms. The number of aromatic nitrogens is 2. The van der Waals surface area contributed by atoms with Gasteiger partial charge in [-0.3, -0.25) is 25.6 Å². The van der Waals surface area contributed by atoms with Crippen LogP contribution in [0.2, 0.25) is 0 Å². The second-order valence-corrected chi connectivity index (χ2v) is 2.62. The van der Waals surface area contributed by atoms with E-state index < -0.39 is 0 Å². The maximum Gasteiger partial charge on any atom is 0.225 e. The number of hydrogen-bond donors (Lipinski definition) is 2. The minimum atomic E-state index is 0.565. The van der Waals surface area contributed by atoms with Crippen LogP contribution in [0.4, 0.5) is 5.69 Å². The molecule has 0 aliphatic rings. The van der Waals surface area contributed by atoms with Gasteiger partial charge in [-0.05, 0) is 12.1 Å². The van der Waals surface area contributed by atoms with Crippen molar-refractivity contribution in [3.05, 3.63) is 30.6 Å². The van der Waals surface area contributed by atoms with E-state index >= 15 is 0 Å². The summed E-state index contributed by atoms with van der Waals surface area (Å²) in [6.45, 7) is 0. The highest BCUT2D eigenvalue weighted by atomic mass is 16.1. The molecule has 0 radical (unpaired) electrons. The van der Waals surface area contributed by atoms with E-state index in [0.717, 1.165) is 16.7 Å². The lowest BCUT2D eigenvalue weighted by molar-refractivity contribution is -0.109. The second-order valence-electron chi connectivity index (χ2n) is 2.62. The first-order valence-electron chi connectivity index (χ1n) is 4.07. The zero-order valence-corrected chi connectivity index (χ0v) is 7.27. The molecule has 1 heterocycles. The summed E-state index contributed by atoms with van der Waals surface area (Å²) >= 11 is 0. The first-order valence-corrected chi connectivity index (χ1v) is 4.07. The number of amides is 1. The monoisotopic (exact) mass is 188 g/mol. The summed E-state index contributed by atoms with van der Waals surface area (Å²) in [6, 6.07) is 5.51. The van der Waals surface area contributed by atoms with Crippen molar-refractivity contribution in [3.8, 4) is 0 Å². The molecule has 0 fully saturated rings. The standard InChI is InChI=1S/C9H8N4O/c14-6-12-13-8-3-1-2-7-9(8)11-5-4-10-7/h1-6,13H,(H,12,14). The lowest BCUT2D eigenvalue weighted by atomic mass is 10.2. The van der Waals surface area contributed by atoms with Gasteiger partial charge in [0, 0.05) is 12.4 Å². The highest BCUT2D eigenvalue weighted by molar-refractivity contribution is 5.87. The van der Waals surface area contributed by atoms with Gasteiger partial charge in [-0.15, -0.1) is 0 Å². The molecule has 0 saturated carbocycles. The number of nitrogens with one attached hydrogen (secondary N) is 2. The van der Waals surface area contributed by atoms with Crippen molar-refractivity contribution >= 4 is 23.1 Å². The van der Waals surface area contributed by atoms with Crippen LogP contribution < -0.4 is 10.9 Å². The van der Waals surface area contributed by atoms with Crippen LogP contribution in [0.15, 0.2) is 30.6 Å². The zero-order chi connectivity index (χ0) is 9.80. The molecule has 1 amide bonds. The topological polar surface area (TPSA) is 66.9 Å². The smallest absolute Gasteiger partial charge is 0.225 e. The molecule has 0 saturated heterocycles. The lowest BCUT2D eigenvalue weighted by Crippen LogP contribution is -2.19. The van der Waals surface area contributed by atoms with Crippen LogP contribution in [0.1, 0.15) is 0 Å². The molecule has 1 aromatic carbocycles. The van der Waals surface area contributed by atoms with Gasteiger partial charge in [0.15, 0.2) is 0 Å². The number of nitrogens with zero attached hydrogens (tertiary/aromatic N) is 2. The van der Waals surface area contributed by atoms with Crippen molar-refractivity contribution < 1.29 is 4.79 Å². The number of benzene rings is 1. The minimum Gasteiger partial charge on any atom is -0.297 e. The summed E-state index contributed by atoms with van der Waals surface area (Å²) in [5.41, 5.74) is 7.31. The SMILES string of the molecule is O=CNNc1cccc2nccnc12. The number of anilines is 1. The summed E-state index contributed by atoms with van der Waals surface area (Å²) in [7, 11) is 0. The van der Waals surface area contributed by atoms with Crippen LogP contribution in [0.25, 0.3) is 11.0 Å². The quantitative estimate of drug-likeness (QED) is 0.549. The van der Waals surface area contributed by atoms with Gasteiger partial charge < -0.3 is 0 Å². The largest absolute Gasteiger partial charge is 0.297 e. The zero-order valence-electron chi connectivity index (χ0n) is 7.27. The fraction of sp³-hybridized carbons (Fsp3) is 0. The van der Waals surface area contributed by atoms with E-state index in [4.69, 9.17) is 0 Å². The van der Waals surface area contributed by atoms with Gasteiger partial charge in [0.05, 0.1) is 11.2 Å². The number of carbonyl (C=O) groups excluding carboxylic acids is 1. The molecule has 0 aliphatic heterocycles. The third-order valence-corrected chi connectivity index (χ3v) is 1.76. The van der Waals surface area contributed by atoms with Crippen molar-refractivity contribution in [1.82, 2.24) is 15.4 Å². The highest BCUT2D eigenvalue weighted by Gasteiger charge is 2.00. The summed E-state index contributed by atoms with van der Waals surface area (Å²) in [5.74, 6) is 0. The molecule has 2 N–H and O–H groups in total. The number of rotatable bonds is 3. The van der Waals surface area contributed by atoms with Gasteiger partial charge in [-0.25, -0.2) is 0 Å². The highest BCUT2D eigenvalue weighted by Crippen LogP contribution is 2.17. The van der Waals surface area contributed by atoms with E-state index in [9.17, 15) is 4.79 Å². The van der Waals surface area contributed by atoms with Gasteiger partial charge in [0.1, 0.15) is 5.52 Å². The maximum absolute atomic E-state index is 10.1. The predicted octanol–water partition coefficient (Wildman–Crippen LogP) is 0.703. The molecule has 5 heteroatoms. The Morgan fingerprint density at radius 1 is 1.21 bits per heavy atom. The number of hydrazine groups is 1. The molecule has 2 rings (SSSR count). The van der Waals surface area contributed by atoms with Crippen molar-refractivity contribution in [1.29, 1.82) is 0 Å². The molecule has 0 aliphatic carbocycles. The van der Waals surface area contributed by atoms with Crippen LogP contribution >= 0.6 is 0 Å². The molecule has 0 unspecified atom stereocenters. The van der Waals surface area contributed by atoms with Crippen molar-refractivity contribution in [3.63, 3.8) is 0 Å². The Hall–Kier alpha value is -2.17. The summed E-state index contributed by atoms with van der Waals surface area (Å²) < 4.78 is 0. The number of hydrogen-bond acceptors (Lipinski definition) is 4. The molecule has 0 spiro atoms. The molecule has 14 heavy (non-hydrogen) atoms. The molecule has 0 atom stereocenters. The maximum atomic E-state index is 10.1. The first-order chi connectivity index (χ1) is 6.92. The average Bonchev–Trinajstić information content (AvgIpc) is 2.26. The predicted molar refractivity (Wildman–Crippen MR) is 52.4 cm³/mol. The molecular weight excluding hydrogens is 180 g/mol. The number of carbonyl (C=O) groups is 1. The summed E-state index contributed by atoms with van der Waals surface area (Å²) in [5, 5.41) is 0. The first kappa shape index (κ1) is 8.43. The molecule has 70 valence electrons. The van der Waals surface area contributed by atoms with E-state index in [1.54, 1.807) is 12.4 Å². The van der Waals surface area contributed by atoms with Crippen LogP contribution in [0.3, 0.4) is 0 Å². The van der Waals surface area contributed by atoms with Crippen molar-refractivity contribution in [2.75, 3.05) is 5.43 Å². The third-order valence-electron chi connectivity index (χ3n) is 1.76. The molecule has 5 nitrogen and oxygen atoms in total. The van der Waals surface area contributed by atoms with Gasteiger partial charge in [-0.2, -0.15) is 0 Å². The van der Waals surface area contributed by atoms with E-state index in [-0.39, 0.29) is 0 Å². The number of para-hydroxylation sites is 1. The molecular formula is C9H8N4O. The second kappa shape index (κ2) is 3.69. The van der Waals surface area contributed by atoms with E-state index in [1.807, 2.05) is 18.2 Å². The Bertz CT molecular complexity index is 452. The average molecular weight is 188 g/mol. The van der Waals surface area contributed by atoms with Gasteiger partial charge >= 0.3 is 0 Å². The van der Waals surface area contributed by atoms with Crippen LogP contribution in [0.5, 0.6) is 0 Å².